The van der Waals surface area contributed by atoms with Crippen LogP contribution in [0.3, 0.4) is 0 Å². The summed E-state index contributed by atoms with van der Waals surface area (Å²) in [5.41, 5.74) is 8.21. The molecule has 2 rings (SSSR count). The van der Waals surface area contributed by atoms with E-state index in [4.69, 9.17) is 22.1 Å². The molecule has 0 aromatic carbocycles. The lowest BCUT2D eigenvalue weighted by atomic mass is 10.1. The molecular formula is C12H15ClN2O2. The summed E-state index contributed by atoms with van der Waals surface area (Å²) in [6.07, 6.45) is 0.781. The van der Waals surface area contributed by atoms with E-state index >= 15 is 0 Å². The molecule has 1 aromatic heterocycles. The van der Waals surface area contributed by atoms with Crippen molar-refractivity contribution in [1.29, 1.82) is 0 Å². The predicted molar refractivity (Wildman–Crippen MR) is 65.9 cm³/mol. The first-order chi connectivity index (χ1) is 8.04. The van der Waals surface area contributed by atoms with Crippen molar-refractivity contribution < 1.29 is 9.53 Å². The molecule has 1 heterocycles. The lowest BCUT2D eigenvalue weighted by Crippen LogP contribution is -2.08. The molecule has 92 valence electrons. The molecule has 5 heteroatoms. The molecule has 4 nitrogen and oxygen atoms in total. The van der Waals surface area contributed by atoms with Crippen molar-refractivity contribution >= 4 is 23.3 Å². The van der Waals surface area contributed by atoms with Crippen molar-refractivity contribution in [3.05, 3.63) is 22.5 Å². The lowest BCUT2D eigenvalue weighted by molar-refractivity contribution is -0.144. The predicted octanol–water partition coefficient (Wildman–Crippen LogP) is 2.29. The number of nitrogens with two attached hydrogens (primary N) is 1. The molecule has 0 aliphatic heterocycles. The number of aromatic nitrogens is 1. The maximum Gasteiger partial charge on any atom is 0.309 e. The van der Waals surface area contributed by atoms with E-state index in [2.05, 4.69) is 4.98 Å². The fourth-order valence-corrected chi connectivity index (χ4v) is 2.27. The van der Waals surface area contributed by atoms with E-state index in [9.17, 15) is 4.79 Å². The summed E-state index contributed by atoms with van der Waals surface area (Å²) < 4.78 is 4.99. The summed E-state index contributed by atoms with van der Waals surface area (Å²) >= 11 is 5.90. The fraction of sp³-hybridized carbons (Fsp3) is 0.500. The van der Waals surface area contributed by atoms with Gasteiger partial charge in [0, 0.05) is 5.92 Å². The Morgan fingerprint density at radius 1 is 1.71 bits per heavy atom. The highest BCUT2D eigenvalue weighted by molar-refractivity contribution is 6.29. The average molecular weight is 255 g/mol. The quantitative estimate of drug-likeness (QED) is 0.664. The lowest BCUT2D eigenvalue weighted by Gasteiger charge is -2.08. The number of anilines is 1. The van der Waals surface area contributed by atoms with Gasteiger partial charge in [-0.1, -0.05) is 11.6 Å². The van der Waals surface area contributed by atoms with Gasteiger partial charge in [-0.05, 0) is 31.9 Å². The van der Waals surface area contributed by atoms with Crippen molar-refractivity contribution in [1.82, 2.24) is 4.98 Å². The Hall–Kier alpha value is -1.29. The highest BCUT2D eigenvalue weighted by Gasteiger charge is 2.46. The Morgan fingerprint density at radius 3 is 3.06 bits per heavy atom. The topological polar surface area (TPSA) is 65.2 Å². The van der Waals surface area contributed by atoms with Crippen LogP contribution in [-0.2, 0) is 9.53 Å². The molecule has 1 fully saturated rings. The molecule has 1 aromatic rings. The smallest absolute Gasteiger partial charge is 0.309 e. The maximum absolute atomic E-state index is 11.6. The number of carbonyl (C=O) groups excluding carboxylic acids is 1. The van der Waals surface area contributed by atoms with E-state index in [1.54, 1.807) is 13.0 Å². The highest BCUT2D eigenvalue weighted by Crippen LogP contribution is 2.50. The number of hydrogen-bond donors (Lipinski definition) is 1. The summed E-state index contributed by atoms with van der Waals surface area (Å²) in [4.78, 5) is 15.6. The molecule has 1 aliphatic rings. The van der Waals surface area contributed by atoms with Crippen molar-refractivity contribution in [3.63, 3.8) is 0 Å². The Kier molecular flexibility index (Phi) is 3.24. The van der Waals surface area contributed by atoms with Crippen molar-refractivity contribution in [2.45, 2.75) is 26.2 Å². The molecule has 0 spiro atoms. The Labute approximate surface area is 105 Å². The van der Waals surface area contributed by atoms with Crippen LogP contribution in [0, 0.1) is 12.8 Å². The third-order valence-electron chi connectivity index (χ3n) is 3.03. The first-order valence-electron chi connectivity index (χ1n) is 5.63. The van der Waals surface area contributed by atoms with E-state index in [1.807, 2.05) is 6.92 Å². The fourth-order valence-electron chi connectivity index (χ4n) is 2.02. The van der Waals surface area contributed by atoms with Gasteiger partial charge < -0.3 is 10.5 Å². The van der Waals surface area contributed by atoms with Crippen LogP contribution in [0.4, 0.5) is 5.69 Å². The van der Waals surface area contributed by atoms with Gasteiger partial charge in [-0.15, -0.1) is 0 Å². The van der Waals surface area contributed by atoms with Crippen LogP contribution in [0.25, 0.3) is 0 Å². The molecule has 0 bridgehead atoms. The normalized spacial score (nSPS) is 22.3. The minimum Gasteiger partial charge on any atom is -0.466 e. The molecule has 0 saturated heterocycles. The van der Waals surface area contributed by atoms with Gasteiger partial charge in [-0.25, -0.2) is 4.98 Å². The summed E-state index contributed by atoms with van der Waals surface area (Å²) in [6, 6.07) is 1.74. The Morgan fingerprint density at radius 2 is 2.41 bits per heavy atom. The zero-order chi connectivity index (χ0) is 12.6. The minimum atomic E-state index is -0.150. The van der Waals surface area contributed by atoms with E-state index in [0.717, 1.165) is 12.0 Å². The van der Waals surface area contributed by atoms with Gasteiger partial charge in [-0.2, -0.15) is 0 Å². The number of esters is 1. The van der Waals surface area contributed by atoms with Gasteiger partial charge in [0.05, 0.1) is 23.9 Å². The second kappa shape index (κ2) is 4.53. The van der Waals surface area contributed by atoms with E-state index < -0.39 is 0 Å². The first-order valence-corrected chi connectivity index (χ1v) is 6.01. The molecule has 0 radical (unpaired) electrons. The van der Waals surface area contributed by atoms with Crippen LogP contribution < -0.4 is 5.73 Å². The van der Waals surface area contributed by atoms with Crippen LogP contribution in [0.15, 0.2) is 6.07 Å². The number of pyridine rings is 1. The SMILES string of the molecule is CCOC(=O)[C@@H]1C[C@H]1c1cc(Cl)nc(C)c1N. The highest BCUT2D eigenvalue weighted by atomic mass is 35.5. The van der Waals surface area contributed by atoms with Crippen LogP contribution in [0.2, 0.25) is 5.15 Å². The van der Waals surface area contributed by atoms with Gasteiger partial charge >= 0.3 is 5.97 Å². The Bertz CT molecular complexity index is 462. The summed E-state index contributed by atoms with van der Waals surface area (Å²) in [5, 5.41) is 0.418. The Balaban J connectivity index is 2.18. The molecule has 1 saturated carbocycles. The van der Waals surface area contributed by atoms with Crippen molar-refractivity contribution in [2.75, 3.05) is 12.3 Å². The molecular weight excluding hydrogens is 240 g/mol. The van der Waals surface area contributed by atoms with Crippen molar-refractivity contribution in [3.8, 4) is 0 Å². The third-order valence-corrected chi connectivity index (χ3v) is 3.22. The molecule has 0 amide bonds. The van der Waals surface area contributed by atoms with Gasteiger partial charge in [0.15, 0.2) is 0 Å². The number of hydrogen-bond acceptors (Lipinski definition) is 4. The number of rotatable bonds is 3. The van der Waals surface area contributed by atoms with Gasteiger partial charge in [0.1, 0.15) is 5.15 Å². The second-order valence-corrected chi connectivity index (χ2v) is 4.62. The van der Waals surface area contributed by atoms with Gasteiger partial charge in [0.25, 0.3) is 0 Å². The molecule has 1 aliphatic carbocycles. The van der Waals surface area contributed by atoms with E-state index in [-0.39, 0.29) is 17.8 Å². The molecule has 2 atom stereocenters. The van der Waals surface area contributed by atoms with Crippen LogP contribution in [-0.4, -0.2) is 17.6 Å². The van der Waals surface area contributed by atoms with Crippen LogP contribution >= 0.6 is 11.6 Å². The number of ether oxygens (including phenoxy) is 1. The van der Waals surface area contributed by atoms with Crippen LogP contribution in [0.5, 0.6) is 0 Å². The third kappa shape index (κ3) is 2.36. The zero-order valence-corrected chi connectivity index (χ0v) is 10.6. The second-order valence-electron chi connectivity index (χ2n) is 4.23. The zero-order valence-electron chi connectivity index (χ0n) is 9.87. The standard InChI is InChI=1S/C12H15ClN2O2/c1-3-17-12(16)9-4-7(9)8-5-10(13)15-6(2)11(8)14/h5,7,9H,3-4,14H2,1-2H3/t7-,9+/m0/s1. The number of carbonyl (C=O) groups is 1. The van der Waals surface area contributed by atoms with E-state index in [1.165, 1.54) is 0 Å². The molecule has 17 heavy (non-hydrogen) atoms. The number of nitrogen functional groups attached to an aromatic ring is 1. The van der Waals surface area contributed by atoms with Gasteiger partial charge in [0.2, 0.25) is 0 Å². The van der Waals surface area contributed by atoms with Crippen molar-refractivity contribution in [2.24, 2.45) is 5.92 Å². The summed E-state index contributed by atoms with van der Waals surface area (Å²) in [6.45, 7) is 4.03. The minimum absolute atomic E-state index is 0.0740. The number of aryl methyl sites for hydroxylation is 1. The van der Waals surface area contributed by atoms with Crippen LogP contribution in [0.1, 0.15) is 30.5 Å². The summed E-state index contributed by atoms with van der Waals surface area (Å²) in [5.74, 6) is -0.0918. The maximum atomic E-state index is 11.6. The molecule has 2 N–H and O–H groups in total. The van der Waals surface area contributed by atoms with E-state index in [0.29, 0.717) is 23.1 Å². The first kappa shape index (κ1) is 12.2. The average Bonchev–Trinajstić information content (AvgIpc) is 3.03. The van der Waals surface area contributed by atoms with Gasteiger partial charge in [-0.3, -0.25) is 4.79 Å². The monoisotopic (exact) mass is 254 g/mol. The molecule has 0 unspecified atom stereocenters. The largest absolute Gasteiger partial charge is 0.466 e. The summed E-state index contributed by atoms with van der Waals surface area (Å²) in [7, 11) is 0. The number of halogens is 1. The number of nitrogens with zero attached hydrogens (tertiary/aromatic N) is 1.